The maximum atomic E-state index is 13.2. The van der Waals surface area contributed by atoms with E-state index in [2.05, 4.69) is 10.3 Å². The van der Waals surface area contributed by atoms with Crippen LogP contribution in [0.15, 0.2) is 53.3 Å². The van der Waals surface area contributed by atoms with Crippen LogP contribution in [0.2, 0.25) is 0 Å². The van der Waals surface area contributed by atoms with E-state index in [1.165, 1.54) is 12.1 Å². The largest absolute Gasteiger partial charge is 0.378 e. The van der Waals surface area contributed by atoms with Crippen LogP contribution in [0.25, 0.3) is 10.9 Å². The van der Waals surface area contributed by atoms with Crippen LogP contribution in [0.4, 0.5) is 15.8 Å². The Kier molecular flexibility index (Phi) is 5.02. The molecule has 0 aliphatic heterocycles. The molecule has 5 nitrogen and oxygen atoms in total. The van der Waals surface area contributed by atoms with Gasteiger partial charge in [-0.1, -0.05) is 0 Å². The van der Waals surface area contributed by atoms with Crippen LogP contribution in [0.3, 0.4) is 0 Å². The molecule has 0 radical (unpaired) electrons. The van der Waals surface area contributed by atoms with Crippen LogP contribution < -0.4 is 15.8 Å². The van der Waals surface area contributed by atoms with Gasteiger partial charge in [0.1, 0.15) is 5.82 Å². The van der Waals surface area contributed by atoms with Crippen molar-refractivity contribution in [2.75, 3.05) is 24.3 Å². The molecule has 0 saturated heterocycles. The summed E-state index contributed by atoms with van der Waals surface area (Å²) < 4.78 is 13.2. The van der Waals surface area contributed by atoms with Gasteiger partial charge in [0.25, 0.3) is 5.56 Å². The first kappa shape index (κ1) is 17.7. The van der Waals surface area contributed by atoms with E-state index in [9.17, 15) is 14.0 Å². The Morgan fingerprint density at radius 3 is 2.54 bits per heavy atom. The molecule has 1 aromatic heterocycles. The number of amides is 1. The zero-order chi connectivity index (χ0) is 18.7. The van der Waals surface area contributed by atoms with Crippen LogP contribution in [0.1, 0.15) is 12.0 Å². The number of hydrogen-bond acceptors (Lipinski definition) is 3. The average Bonchev–Trinajstić information content (AvgIpc) is 2.60. The fourth-order valence-corrected chi connectivity index (χ4v) is 2.72. The Labute approximate surface area is 150 Å². The minimum absolute atomic E-state index is 0.166. The highest BCUT2D eigenvalue weighted by molar-refractivity contribution is 5.91. The molecule has 2 aromatic carbocycles. The normalized spacial score (nSPS) is 10.7. The maximum absolute atomic E-state index is 13.2. The molecule has 0 saturated carbocycles. The summed E-state index contributed by atoms with van der Waals surface area (Å²) in [5, 5.41) is 3.56. The summed E-state index contributed by atoms with van der Waals surface area (Å²) in [7, 11) is 3.89. The molecule has 6 heteroatoms. The Morgan fingerprint density at radius 1 is 1.12 bits per heavy atom. The molecule has 1 amide bonds. The van der Waals surface area contributed by atoms with Gasteiger partial charge in [0.05, 0.1) is 5.52 Å². The quantitative estimate of drug-likeness (QED) is 0.740. The highest BCUT2D eigenvalue weighted by Crippen LogP contribution is 2.16. The molecule has 3 aromatic rings. The second-order valence-corrected chi connectivity index (χ2v) is 6.34. The van der Waals surface area contributed by atoms with Gasteiger partial charge in [-0.3, -0.25) is 9.59 Å². The van der Waals surface area contributed by atoms with E-state index in [1.54, 1.807) is 12.1 Å². The predicted octanol–water partition coefficient (Wildman–Crippen LogP) is 3.30. The number of halogens is 1. The second kappa shape index (κ2) is 7.39. The maximum Gasteiger partial charge on any atom is 0.251 e. The number of carbonyl (C=O) groups is 1. The third kappa shape index (κ3) is 4.08. The van der Waals surface area contributed by atoms with Crippen molar-refractivity contribution < 1.29 is 9.18 Å². The van der Waals surface area contributed by atoms with E-state index in [0.717, 1.165) is 11.1 Å². The van der Waals surface area contributed by atoms with Gasteiger partial charge in [-0.2, -0.15) is 0 Å². The third-order valence-corrected chi connectivity index (χ3v) is 4.17. The first-order valence-electron chi connectivity index (χ1n) is 8.31. The molecule has 0 aliphatic rings. The van der Waals surface area contributed by atoms with Crippen LogP contribution in [0, 0.1) is 5.82 Å². The monoisotopic (exact) mass is 353 g/mol. The van der Waals surface area contributed by atoms with Crippen molar-refractivity contribution in [1.29, 1.82) is 0 Å². The number of aryl methyl sites for hydroxylation is 1. The number of pyridine rings is 1. The van der Waals surface area contributed by atoms with Crippen molar-refractivity contribution in [2.45, 2.75) is 12.8 Å². The Hall–Kier alpha value is -3.15. The topological polar surface area (TPSA) is 65.2 Å². The van der Waals surface area contributed by atoms with Gasteiger partial charge in [0, 0.05) is 37.5 Å². The summed E-state index contributed by atoms with van der Waals surface area (Å²) in [5.41, 5.74) is 2.41. The lowest BCUT2D eigenvalue weighted by Gasteiger charge is -2.13. The van der Waals surface area contributed by atoms with E-state index in [0.29, 0.717) is 23.2 Å². The number of rotatable bonds is 5. The highest BCUT2D eigenvalue weighted by atomic mass is 19.1. The zero-order valence-corrected chi connectivity index (χ0v) is 14.7. The number of aromatic amines is 1. The van der Waals surface area contributed by atoms with Gasteiger partial charge in [0.15, 0.2) is 0 Å². The summed E-state index contributed by atoms with van der Waals surface area (Å²) in [6, 6.07) is 13.4. The fourth-order valence-electron chi connectivity index (χ4n) is 2.72. The van der Waals surface area contributed by atoms with E-state index >= 15 is 0 Å². The minimum Gasteiger partial charge on any atom is -0.378 e. The standard InChI is InChI=1S/C20H20FN3O2/c1-24(2)17-8-6-16(7-9-17)22-19(25)10-4-14-11-13-3-5-15(21)12-18(13)23-20(14)26/h3,5-9,11-12H,4,10H2,1-2H3,(H,22,25)(H,23,26). The smallest absolute Gasteiger partial charge is 0.251 e. The molecule has 0 atom stereocenters. The number of anilines is 2. The summed E-state index contributed by atoms with van der Waals surface area (Å²) in [6.45, 7) is 0. The van der Waals surface area contributed by atoms with Crippen LogP contribution in [-0.2, 0) is 11.2 Å². The van der Waals surface area contributed by atoms with E-state index in [-0.39, 0.29) is 17.9 Å². The van der Waals surface area contributed by atoms with E-state index in [1.807, 2.05) is 43.3 Å². The van der Waals surface area contributed by atoms with Gasteiger partial charge in [-0.05, 0) is 60.3 Å². The third-order valence-electron chi connectivity index (χ3n) is 4.17. The molecule has 0 bridgehead atoms. The van der Waals surface area contributed by atoms with Crippen molar-refractivity contribution in [3.63, 3.8) is 0 Å². The number of carbonyl (C=O) groups excluding carboxylic acids is 1. The summed E-state index contributed by atoms with van der Waals surface area (Å²) in [6.07, 6.45) is 0.496. The lowest BCUT2D eigenvalue weighted by atomic mass is 10.1. The van der Waals surface area contributed by atoms with Gasteiger partial charge < -0.3 is 15.2 Å². The SMILES string of the molecule is CN(C)c1ccc(NC(=O)CCc2cc3ccc(F)cc3[nH]c2=O)cc1. The molecule has 0 unspecified atom stereocenters. The molecular formula is C20H20FN3O2. The number of fused-ring (bicyclic) bond motifs is 1. The molecule has 0 aliphatic carbocycles. The highest BCUT2D eigenvalue weighted by Gasteiger charge is 2.08. The van der Waals surface area contributed by atoms with Crippen molar-refractivity contribution >= 4 is 28.2 Å². The molecule has 1 heterocycles. The minimum atomic E-state index is -0.402. The molecule has 2 N–H and O–H groups in total. The number of aromatic nitrogens is 1. The van der Waals surface area contributed by atoms with Gasteiger partial charge in [-0.15, -0.1) is 0 Å². The Bertz CT molecular complexity index is 994. The zero-order valence-electron chi connectivity index (χ0n) is 14.7. The number of nitrogens with zero attached hydrogens (tertiary/aromatic N) is 1. The van der Waals surface area contributed by atoms with Crippen LogP contribution in [0.5, 0.6) is 0 Å². The number of hydrogen-bond donors (Lipinski definition) is 2. The summed E-state index contributed by atoms with van der Waals surface area (Å²) in [5.74, 6) is -0.568. The second-order valence-electron chi connectivity index (χ2n) is 6.34. The molecule has 3 rings (SSSR count). The van der Waals surface area contributed by atoms with Crippen molar-refractivity contribution in [1.82, 2.24) is 4.98 Å². The van der Waals surface area contributed by atoms with Crippen molar-refractivity contribution in [2.24, 2.45) is 0 Å². The first-order chi connectivity index (χ1) is 12.4. The molecule has 134 valence electrons. The number of nitrogens with one attached hydrogen (secondary N) is 2. The molecule has 26 heavy (non-hydrogen) atoms. The Morgan fingerprint density at radius 2 is 1.85 bits per heavy atom. The van der Waals surface area contributed by atoms with Gasteiger partial charge in [0.2, 0.25) is 5.91 Å². The summed E-state index contributed by atoms with van der Waals surface area (Å²) >= 11 is 0. The van der Waals surface area contributed by atoms with E-state index in [4.69, 9.17) is 0 Å². The number of benzene rings is 2. The van der Waals surface area contributed by atoms with Crippen LogP contribution in [-0.4, -0.2) is 25.0 Å². The van der Waals surface area contributed by atoms with Gasteiger partial charge >= 0.3 is 0 Å². The summed E-state index contributed by atoms with van der Waals surface area (Å²) in [4.78, 5) is 28.9. The Balaban J connectivity index is 1.65. The van der Waals surface area contributed by atoms with Crippen LogP contribution >= 0.6 is 0 Å². The van der Waals surface area contributed by atoms with Crippen molar-refractivity contribution in [3.8, 4) is 0 Å². The van der Waals surface area contributed by atoms with Gasteiger partial charge in [-0.25, -0.2) is 4.39 Å². The first-order valence-corrected chi connectivity index (χ1v) is 8.31. The van der Waals surface area contributed by atoms with E-state index < -0.39 is 5.82 Å². The van der Waals surface area contributed by atoms with Crippen molar-refractivity contribution in [3.05, 3.63) is 70.3 Å². The lowest BCUT2D eigenvalue weighted by Crippen LogP contribution is -2.17. The predicted molar refractivity (Wildman–Crippen MR) is 102 cm³/mol. The lowest BCUT2D eigenvalue weighted by molar-refractivity contribution is -0.116. The molecule has 0 fully saturated rings. The fraction of sp³-hybridized carbons (Fsp3) is 0.200. The molecule has 0 spiro atoms. The number of H-pyrrole nitrogens is 1. The molecular weight excluding hydrogens is 333 g/mol. The average molecular weight is 353 g/mol.